The molecule has 4 nitrogen and oxygen atoms in total. The highest BCUT2D eigenvalue weighted by atomic mass is 19.1. The maximum Gasteiger partial charge on any atom is 0.223 e. The Balaban J connectivity index is 1.72. The molecule has 0 bridgehead atoms. The van der Waals surface area contributed by atoms with Gasteiger partial charge in [-0.3, -0.25) is 4.79 Å². The number of halogens is 1. The molecule has 1 heterocycles. The molecule has 1 aromatic heterocycles. The third-order valence-corrected chi connectivity index (χ3v) is 4.66. The zero-order valence-electron chi connectivity index (χ0n) is 14.1. The van der Waals surface area contributed by atoms with Crippen molar-refractivity contribution in [2.75, 3.05) is 0 Å². The van der Waals surface area contributed by atoms with Gasteiger partial charge < -0.3 is 9.88 Å². The highest BCUT2D eigenvalue weighted by Gasteiger charge is 2.31. The molecule has 3 aromatic rings. The van der Waals surface area contributed by atoms with Gasteiger partial charge in [0.15, 0.2) is 0 Å². The first-order valence-electron chi connectivity index (χ1n) is 8.62. The van der Waals surface area contributed by atoms with Crippen LogP contribution in [0.5, 0.6) is 0 Å². The molecule has 0 saturated heterocycles. The number of para-hydroxylation sites is 2. The lowest BCUT2D eigenvalue weighted by Gasteiger charge is -2.16. The second kappa shape index (κ2) is 6.31. The van der Waals surface area contributed by atoms with Crippen molar-refractivity contribution in [3.05, 3.63) is 65.7 Å². The van der Waals surface area contributed by atoms with Crippen LogP contribution in [0.15, 0.2) is 48.5 Å². The summed E-state index contributed by atoms with van der Waals surface area (Å²) >= 11 is 0. The first-order chi connectivity index (χ1) is 12.1. The van der Waals surface area contributed by atoms with Crippen molar-refractivity contribution in [1.29, 1.82) is 0 Å². The molecular weight excluding hydrogens is 317 g/mol. The molecule has 1 unspecified atom stereocenters. The molecule has 0 radical (unpaired) electrons. The van der Waals surface area contributed by atoms with Gasteiger partial charge in [0.25, 0.3) is 0 Å². The number of rotatable bonds is 5. The van der Waals surface area contributed by atoms with Gasteiger partial charge in [0, 0.05) is 11.5 Å². The Morgan fingerprint density at radius 2 is 1.96 bits per heavy atom. The summed E-state index contributed by atoms with van der Waals surface area (Å²) in [6.45, 7) is 2.31. The van der Waals surface area contributed by atoms with Gasteiger partial charge in [-0.05, 0) is 38.0 Å². The van der Waals surface area contributed by atoms with Crippen LogP contribution in [0.4, 0.5) is 4.39 Å². The Labute approximate surface area is 145 Å². The van der Waals surface area contributed by atoms with E-state index in [9.17, 15) is 9.18 Å². The van der Waals surface area contributed by atoms with E-state index in [1.807, 2.05) is 41.8 Å². The standard InChI is InChI=1S/C20H20FN3O/c1-13(22-20(25)14-10-11-14)19-23-17-8-4-5-9-18(17)24(19)12-15-6-2-3-7-16(15)21/h2-9,13-14H,10-12H2,1H3,(H,22,25). The van der Waals surface area contributed by atoms with Crippen molar-refractivity contribution in [2.24, 2.45) is 5.92 Å². The van der Waals surface area contributed by atoms with Crippen LogP contribution in [-0.2, 0) is 11.3 Å². The van der Waals surface area contributed by atoms with E-state index in [1.165, 1.54) is 6.07 Å². The second-order valence-corrected chi connectivity index (χ2v) is 6.64. The summed E-state index contributed by atoms with van der Waals surface area (Å²) < 4.78 is 16.1. The molecule has 1 fully saturated rings. The van der Waals surface area contributed by atoms with Gasteiger partial charge in [-0.15, -0.1) is 0 Å². The lowest BCUT2D eigenvalue weighted by molar-refractivity contribution is -0.123. The number of nitrogens with zero attached hydrogens (tertiary/aromatic N) is 2. The lowest BCUT2D eigenvalue weighted by atomic mass is 10.2. The van der Waals surface area contributed by atoms with E-state index in [1.54, 1.807) is 12.1 Å². The van der Waals surface area contributed by atoms with E-state index in [-0.39, 0.29) is 23.7 Å². The molecule has 4 rings (SSSR count). The summed E-state index contributed by atoms with van der Waals surface area (Å²) in [6.07, 6.45) is 1.92. The van der Waals surface area contributed by atoms with Gasteiger partial charge >= 0.3 is 0 Å². The Morgan fingerprint density at radius 1 is 1.24 bits per heavy atom. The third kappa shape index (κ3) is 3.14. The first kappa shape index (κ1) is 15.8. The first-order valence-corrected chi connectivity index (χ1v) is 8.62. The number of carbonyl (C=O) groups is 1. The zero-order chi connectivity index (χ0) is 17.4. The van der Waals surface area contributed by atoms with Crippen molar-refractivity contribution in [1.82, 2.24) is 14.9 Å². The maximum atomic E-state index is 14.1. The predicted molar refractivity (Wildman–Crippen MR) is 94.5 cm³/mol. The van der Waals surface area contributed by atoms with Gasteiger partial charge in [0.05, 0.1) is 23.6 Å². The molecule has 1 atom stereocenters. The van der Waals surface area contributed by atoms with E-state index < -0.39 is 0 Å². The summed E-state index contributed by atoms with van der Waals surface area (Å²) in [4.78, 5) is 16.8. The molecule has 2 aromatic carbocycles. The van der Waals surface area contributed by atoms with Crippen LogP contribution in [0, 0.1) is 11.7 Å². The molecule has 0 spiro atoms. The molecule has 0 aliphatic heterocycles. The van der Waals surface area contributed by atoms with Gasteiger partial charge in [-0.25, -0.2) is 9.37 Å². The fourth-order valence-corrected chi connectivity index (χ4v) is 3.13. The minimum atomic E-state index is -0.235. The number of aromatic nitrogens is 2. The Bertz CT molecular complexity index is 930. The number of imidazole rings is 1. The number of nitrogens with one attached hydrogen (secondary N) is 1. The summed E-state index contributed by atoms with van der Waals surface area (Å²) in [5.41, 5.74) is 2.39. The quantitative estimate of drug-likeness (QED) is 0.769. The van der Waals surface area contributed by atoms with Crippen LogP contribution in [0.2, 0.25) is 0 Å². The highest BCUT2D eigenvalue weighted by Crippen LogP contribution is 2.30. The predicted octanol–water partition coefficient (Wildman–Crippen LogP) is 3.81. The number of hydrogen-bond donors (Lipinski definition) is 1. The second-order valence-electron chi connectivity index (χ2n) is 6.64. The van der Waals surface area contributed by atoms with Crippen molar-refractivity contribution in [2.45, 2.75) is 32.4 Å². The molecule has 1 amide bonds. The van der Waals surface area contributed by atoms with Crippen molar-refractivity contribution >= 4 is 16.9 Å². The molecule has 5 heteroatoms. The van der Waals surface area contributed by atoms with Crippen LogP contribution in [0.25, 0.3) is 11.0 Å². The third-order valence-electron chi connectivity index (χ3n) is 4.66. The monoisotopic (exact) mass is 337 g/mol. The van der Waals surface area contributed by atoms with Crippen molar-refractivity contribution in [3.63, 3.8) is 0 Å². The number of amides is 1. The molecule has 25 heavy (non-hydrogen) atoms. The van der Waals surface area contributed by atoms with Crippen LogP contribution in [0.3, 0.4) is 0 Å². The molecular formula is C20H20FN3O. The van der Waals surface area contributed by atoms with Gasteiger partial charge in [0.1, 0.15) is 11.6 Å². The van der Waals surface area contributed by atoms with E-state index in [0.717, 1.165) is 29.7 Å². The SMILES string of the molecule is CC(NC(=O)C1CC1)c1nc2ccccc2n1Cc1ccccc1F. The Morgan fingerprint density at radius 3 is 2.72 bits per heavy atom. The number of fused-ring (bicyclic) bond motifs is 1. The zero-order valence-corrected chi connectivity index (χ0v) is 14.1. The van der Waals surface area contributed by atoms with Crippen LogP contribution < -0.4 is 5.32 Å². The average Bonchev–Trinajstić information content (AvgIpc) is 3.40. The van der Waals surface area contributed by atoms with Crippen LogP contribution >= 0.6 is 0 Å². The highest BCUT2D eigenvalue weighted by molar-refractivity contribution is 5.81. The van der Waals surface area contributed by atoms with Gasteiger partial charge in [-0.2, -0.15) is 0 Å². The van der Waals surface area contributed by atoms with E-state index >= 15 is 0 Å². The van der Waals surface area contributed by atoms with Crippen LogP contribution in [0.1, 0.15) is 37.2 Å². The normalized spacial score (nSPS) is 15.3. The fourth-order valence-electron chi connectivity index (χ4n) is 3.13. The maximum absolute atomic E-state index is 14.1. The average molecular weight is 337 g/mol. The minimum absolute atomic E-state index is 0.0806. The van der Waals surface area contributed by atoms with E-state index in [2.05, 4.69) is 5.32 Å². The molecule has 1 N–H and O–H groups in total. The minimum Gasteiger partial charge on any atom is -0.346 e. The molecule has 1 aliphatic rings. The van der Waals surface area contributed by atoms with E-state index in [4.69, 9.17) is 4.98 Å². The fraction of sp³-hybridized carbons (Fsp3) is 0.300. The molecule has 1 aliphatic carbocycles. The molecule has 1 saturated carbocycles. The summed E-state index contributed by atoms with van der Waals surface area (Å²) in [5.74, 6) is 0.739. The van der Waals surface area contributed by atoms with Gasteiger partial charge in [0.2, 0.25) is 5.91 Å². The van der Waals surface area contributed by atoms with E-state index in [0.29, 0.717) is 12.1 Å². The van der Waals surface area contributed by atoms with Gasteiger partial charge in [-0.1, -0.05) is 30.3 Å². The number of benzene rings is 2. The molecule has 128 valence electrons. The summed E-state index contributed by atoms with van der Waals surface area (Å²) in [6, 6.07) is 14.3. The van der Waals surface area contributed by atoms with Crippen LogP contribution in [-0.4, -0.2) is 15.5 Å². The Hall–Kier alpha value is -2.69. The lowest BCUT2D eigenvalue weighted by Crippen LogP contribution is -2.30. The number of carbonyl (C=O) groups excluding carboxylic acids is 1. The smallest absolute Gasteiger partial charge is 0.223 e. The Kier molecular flexibility index (Phi) is 3.99. The van der Waals surface area contributed by atoms with Crippen molar-refractivity contribution in [3.8, 4) is 0 Å². The van der Waals surface area contributed by atoms with Crippen molar-refractivity contribution < 1.29 is 9.18 Å². The topological polar surface area (TPSA) is 46.9 Å². The summed E-state index contributed by atoms with van der Waals surface area (Å²) in [7, 11) is 0. The number of hydrogen-bond acceptors (Lipinski definition) is 2. The summed E-state index contributed by atoms with van der Waals surface area (Å²) in [5, 5.41) is 3.04. The largest absolute Gasteiger partial charge is 0.346 e.